The lowest BCUT2D eigenvalue weighted by atomic mass is 10.2. The predicted octanol–water partition coefficient (Wildman–Crippen LogP) is -0.243. The lowest BCUT2D eigenvalue weighted by Crippen LogP contribution is -2.13. The molecule has 0 aliphatic heterocycles. The summed E-state index contributed by atoms with van der Waals surface area (Å²) >= 11 is 0. The molecule has 3 N–H and O–H groups in total. The molecule has 0 saturated carbocycles. The molecule has 0 aliphatic rings. The summed E-state index contributed by atoms with van der Waals surface area (Å²) in [7, 11) is -3.79. The molecule has 69 valence electrons. The molecule has 0 atom stereocenters. The number of carbonyl (C=O) groups is 1. The molecule has 0 unspecified atom stereocenters. The zero-order valence-corrected chi connectivity index (χ0v) is 7.34. The number of sulfonamides is 1. The van der Waals surface area contributed by atoms with E-state index in [1.54, 1.807) is 0 Å². The van der Waals surface area contributed by atoms with Gasteiger partial charge in [0.25, 0.3) is 5.91 Å². The van der Waals surface area contributed by atoms with Crippen LogP contribution in [0.25, 0.3) is 0 Å². The lowest BCUT2D eigenvalue weighted by molar-refractivity contribution is 0.0992. The molecule has 0 bridgehead atoms. The van der Waals surface area contributed by atoms with E-state index in [-0.39, 0.29) is 10.5 Å². The van der Waals surface area contributed by atoms with Crippen LogP contribution >= 0.6 is 0 Å². The van der Waals surface area contributed by atoms with E-state index in [4.69, 9.17) is 10.9 Å². The van der Waals surface area contributed by atoms with E-state index < -0.39 is 15.9 Å². The van der Waals surface area contributed by atoms with Crippen LogP contribution < -0.4 is 10.9 Å². The molecular weight excluding hydrogens is 192 g/mol. The Balaban J connectivity index is 3.29. The van der Waals surface area contributed by atoms with Crippen LogP contribution in [0.5, 0.6) is 0 Å². The van der Waals surface area contributed by atoms with Crippen LogP contribution in [0.15, 0.2) is 29.2 Å². The maximum atomic E-state index is 10.8. The van der Waals surface area contributed by atoms with E-state index in [0.717, 1.165) is 6.07 Å². The number of hydrogen-bond donors (Lipinski definition) is 1. The highest BCUT2D eigenvalue weighted by atomic mass is 32.2. The van der Waals surface area contributed by atoms with Crippen molar-refractivity contribution in [2.45, 2.75) is 4.90 Å². The average molecular weight is 199 g/mol. The first-order valence-corrected chi connectivity index (χ1v) is 4.84. The number of nitrogens with two attached hydrogens (primary N) is 1. The largest absolute Gasteiger partial charge is 0.269 e. The van der Waals surface area contributed by atoms with Gasteiger partial charge in [-0.25, -0.2) is 13.6 Å². The summed E-state index contributed by atoms with van der Waals surface area (Å²) in [4.78, 5) is 10.4. The van der Waals surface area contributed by atoms with E-state index in [9.17, 15) is 13.2 Å². The maximum absolute atomic E-state index is 10.8. The van der Waals surface area contributed by atoms with Crippen molar-refractivity contribution in [3.05, 3.63) is 29.8 Å². The van der Waals surface area contributed by atoms with Gasteiger partial charge in [0, 0.05) is 5.56 Å². The Morgan fingerprint density at radius 3 is 2.46 bits per heavy atom. The van der Waals surface area contributed by atoms with Crippen LogP contribution in [0.2, 0.25) is 0 Å². The Hall–Kier alpha value is -1.40. The minimum absolute atomic E-state index is 0.00604. The van der Waals surface area contributed by atoms with Gasteiger partial charge in [-0.05, 0) is 18.2 Å². The minimum atomic E-state index is -3.79. The molecule has 1 amide bonds. The van der Waals surface area contributed by atoms with E-state index >= 15 is 0 Å². The van der Waals surface area contributed by atoms with Gasteiger partial charge < -0.3 is 0 Å². The fraction of sp³-hybridized carbons (Fsp3) is 0. The molecule has 0 spiro atoms. The third-order valence-electron chi connectivity index (χ3n) is 1.42. The lowest BCUT2D eigenvalue weighted by Gasteiger charge is -1.98. The SMILES string of the molecule is [NH]C(=O)c1cccc(S(N)(=O)=O)c1. The second-order valence-electron chi connectivity index (χ2n) is 2.40. The Bertz CT molecular complexity index is 439. The molecule has 1 aromatic rings. The standard InChI is InChI=1S/C7H7N2O3S/c8-7(10)5-2-1-3-6(4-5)13(9,11)12/h1-4,8H,(H2,9,11,12). The summed E-state index contributed by atoms with van der Waals surface area (Å²) in [5, 5.41) is 4.83. The number of hydrogen-bond acceptors (Lipinski definition) is 3. The summed E-state index contributed by atoms with van der Waals surface area (Å²) in [6.45, 7) is 0. The van der Waals surface area contributed by atoms with Gasteiger partial charge >= 0.3 is 0 Å². The van der Waals surface area contributed by atoms with Gasteiger partial charge in [-0.2, -0.15) is 0 Å². The van der Waals surface area contributed by atoms with Gasteiger partial charge in [0.1, 0.15) is 0 Å². The number of rotatable bonds is 2. The highest BCUT2D eigenvalue weighted by Crippen LogP contribution is 2.08. The summed E-state index contributed by atoms with van der Waals surface area (Å²) in [6, 6.07) is 5.05. The third-order valence-corrected chi connectivity index (χ3v) is 2.34. The summed E-state index contributed by atoms with van der Waals surface area (Å²) < 4.78 is 21.6. The average Bonchev–Trinajstić information content (AvgIpc) is 2.03. The first-order chi connectivity index (χ1) is 5.91. The smallest absolute Gasteiger partial charge is 0.267 e. The summed E-state index contributed by atoms with van der Waals surface area (Å²) in [5.74, 6) is -0.939. The van der Waals surface area contributed by atoms with Crippen molar-refractivity contribution in [1.82, 2.24) is 5.73 Å². The molecule has 5 nitrogen and oxygen atoms in total. The van der Waals surface area contributed by atoms with Crippen LogP contribution in [0, 0.1) is 0 Å². The topological polar surface area (TPSA) is 101 Å². The van der Waals surface area contributed by atoms with Crippen LogP contribution in [0.3, 0.4) is 0 Å². The first-order valence-electron chi connectivity index (χ1n) is 3.30. The predicted molar refractivity (Wildman–Crippen MR) is 45.2 cm³/mol. The van der Waals surface area contributed by atoms with Crippen LogP contribution in [-0.2, 0) is 10.0 Å². The highest BCUT2D eigenvalue weighted by Gasteiger charge is 2.09. The van der Waals surface area contributed by atoms with Crippen molar-refractivity contribution < 1.29 is 13.2 Å². The van der Waals surface area contributed by atoms with Crippen LogP contribution in [0.4, 0.5) is 0 Å². The van der Waals surface area contributed by atoms with E-state index in [1.807, 2.05) is 0 Å². The molecule has 13 heavy (non-hydrogen) atoms. The van der Waals surface area contributed by atoms with Crippen LogP contribution in [-0.4, -0.2) is 14.3 Å². The second kappa shape index (κ2) is 3.15. The zero-order valence-electron chi connectivity index (χ0n) is 6.52. The van der Waals surface area contributed by atoms with E-state index in [2.05, 4.69) is 0 Å². The van der Waals surface area contributed by atoms with Crippen molar-refractivity contribution in [1.29, 1.82) is 0 Å². The van der Waals surface area contributed by atoms with Gasteiger partial charge in [0.05, 0.1) is 4.90 Å². The van der Waals surface area contributed by atoms with Gasteiger partial charge in [0.15, 0.2) is 0 Å². The molecule has 0 aliphatic carbocycles. The Labute approximate surface area is 75.4 Å². The highest BCUT2D eigenvalue weighted by molar-refractivity contribution is 7.89. The third kappa shape index (κ3) is 2.27. The molecule has 1 radical (unpaired) electrons. The summed E-state index contributed by atoms with van der Waals surface area (Å²) in [6.07, 6.45) is 0. The second-order valence-corrected chi connectivity index (χ2v) is 3.96. The number of benzene rings is 1. The Morgan fingerprint density at radius 1 is 1.38 bits per heavy atom. The van der Waals surface area contributed by atoms with E-state index in [1.165, 1.54) is 18.2 Å². The Kier molecular flexibility index (Phi) is 2.35. The normalized spacial score (nSPS) is 11.2. The van der Waals surface area contributed by atoms with Crippen molar-refractivity contribution in [2.75, 3.05) is 0 Å². The van der Waals surface area contributed by atoms with Gasteiger partial charge in [0.2, 0.25) is 10.0 Å². The molecule has 1 aromatic carbocycles. The molecule has 0 heterocycles. The monoisotopic (exact) mass is 199 g/mol. The molecule has 6 heteroatoms. The Morgan fingerprint density at radius 2 is 2.00 bits per heavy atom. The number of primary sulfonamides is 1. The van der Waals surface area contributed by atoms with Crippen LogP contribution in [0.1, 0.15) is 10.4 Å². The van der Waals surface area contributed by atoms with Gasteiger partial charge in [-0.15, -0.1) is 0 Å². The molecule has 0 aromatic heterocycles. The van der Waals surface area contributed by atoms with Crippen molar-refractivity contribution in [3.63, 3.8) is 0 Å². The molecule has 0 fully saturated rings. The zero-order chi connectivity index (χ0) is 10.1. The number of carbonyl (C=O) groups excluding carboxylic acids is 1. The van der Waals surface area contributed by atoms with Gasteiger partial charge in [-0.1, -0.05) is 6.07 Å². The van der Waals surface area contributed by atoms with Gasteiger partial charge in [-0.3, -0.25) is 10.5 Å². The molecule has 1 rings (SSSR count). The fourth-order valence-electron chi connectivity index (χ4n) is 0.814. The quantitative estimate of drug-likeness (QED) is 0.710. The molecular formula is C7H7N2O3S. The minimum Gasteiger partial charge on any atom is -0.267 e. The first kappa shape index (κ1) is 9.69. The van der Waals surface area contributed by atoms with Crippen molar-refractivity contribution >= 4 is 15.9 Å². The van der Waals surface area contributed by atoms with Crippen molar-refractivity contribution in [3.8, 4) is 0 Å². The maximum Gasteiger partial charge on any atom is 0.269 e. The number of amides is 1. The fourth-order valence-corrected chi connectivity index (χ4v) is 1.37. The van der Waals surface area contributed by atoms with E-state index in [0.29, 0.717) is 0 Å². The summed E-state index contributed by atoms with van der Waals surface area (Å²) in [5.41, 5.74) is 6.75. The number of nitrogens with one attached hydrogen (secondary N) is 1. The molecule has 0 saturated heterocycles. The van der Waals surface area contributed by atoms with Crippen molar-refractivity contribution in [2.24, 2.45) is 5.14 Å².